The second kappa shape index (κ2) is 10.3. The van der Waals surface area contributed by atoms with Crippen molar-refractivity contribution in [3.8, 4) is 5.75 Å². The van der Waals surface area contributed by atoms with Crippen LogP contribution in [-0.4, -0.2) is 17.6 Å². The van der Waals surface area contributed by atoms with Crippen molar-refractivity contribution in [2.45, 2.75) is 13.0 Å². The van der Waals surface area contributed by atoms with Gasteiger partial charge >= 0.3 is 0 Å². The first-order valence-corrected chi connectivity index (χ1v) is 12.9. The van der Waals surface area contributed by atoms with Gasteiger partial charge in [0.25, 0.3) is 11.5 Å². The predicted octanol–water partition coefficient (Wildman–Crippen LogP) is 4.78. The van der Waals surface area contributed by atoms with Gasteiger partial charge in [0.15, 0.2) is 4.80 Å². The number of allylic oxidation sites excluding steroid dienone is 1. The Kier molecular flexibility index (Phi) is 6.90. The van der Waals surface area contributed by atoms with E-state index in [0.717, 1.165) is 10.0 Å². The van der Waals surface area contributed by atoms with Crippen molar-refractivity contribution in [1.29, 1.82) is 0 Å². The average Bonchev–Trinajstić information content (AvgIpc) is 3.18. The van der Waals surface area contributed by atoms with E-state index in [2.05, 4.69) is 26.2 Å². The third kappa shape index (κ3) is 4.92. The molecule has 1 aliphatic heterocycles. The van der Waals surface area contributed by atoms with Crippen LogP contribution >= 0.6 is 27.3 Å². The van der Waals surface area contributed by atoms with Crippen molar-refractivity contribution in [2.75, 3.05) is 12.4 Å². The van der Waals surface area contributed by atoms with Crippen LogP contribution < -0.4 is 24.9 Å². The van der Waals surface area contributed by atoms with E-state index >= 15 is 0 Å². The molecule has 0 unspecified atom stereocenters. The van der Waals surface area contributed by atoms with Crippen LogP contribution in [-0.2, 0) is 4.79 Å². The maximum Gasteiger partial charge on any atom is 0.271 e. The van der Waals surface area contributed by atoms with Crippen LogP contribution in [0.5, 0.6) is 5.75 Å². The number of anilines is 1. The van der Waals surface area contributed by atoms with Crippen LogP contribution in [0.4, 0.5) is 10.1 Å². The minimum Gasteiger partial charge on any atom is -0.496 e. The summed E-state index contributed by atoms with van der Waals surface area (Å²) in [7, 11) is 1.57. The summed E-state index contributed by atoms with van der Waals surface area (Å²) in [6.45, 7) is 1.74. The lowest BCUT2D eigenvalue weighted by Gasteiger charge is -2.25. The summed E-state index contributed by atoms with van der Waals surface area (Å²) >= 11 is 4.69. The molecule has 5 rings (SSSR count). The topological polar surface area (TPSA) is 72.7 Å². The van der Waals surface area contributed by atoms with E-state index < -0.39 is 11.9 Å². The molecule has 0 saturated carbocycles. The minimum absolute atomic E-state index is 0.308. The van der Waals surface area contributed by atoms with Gasteiger partial charge in [-0.2, -0.15) is 0 Å². The van der Waals surface area contributed by atoms with E-state index in [1.165, 1.54) is 28.0 Å². The molecule has 0 spiro atoms. The van der Waals surface area contributed by atoms with E-state index in [0.29, 0.717) is 37.6 Å². The Hall–Kier alpha value is -3.82. The van der Waals surface area contributed by atoms with Gasteiger partial charge in [0.2, 0.25) is 0 Å². The predicted molar refractivity (Wildman–Crippen MR) is 146 cm³/mol. The number of para-hydroxylation sites is 1. The number of carbonyl (C=O) groups is 1. The lowest BCUT2D eigenvalue weighted by atomic mass is 9.95. The molecule has 4 aromatic rings. The zero-order chi connectivity index (χ0) is 26.1. The molecule has 37 heavy (non-hydrogen) atoms. The van der Waals surface area contributed by atoms with Gasteiger partial charge in [-0.25, -0.2) is 9.38 Å². The number of ether oxygens (including phenoxy) is 1. The Balaban J connectivity index is 1.69. The molecule has 1 aliphatic rings. The van der Waals surface area contributed by atoms with E-state index in [-0.39, 0.29) is 11.5 Å². The number of nitrogens with zero attached hydrogens (tertiary/aromatic N) is 2. The summed E-state index contributed by atoms with van der Waals surface area (Å²) in [6, 6.07) is 19.6. The van der Waals surface area contributed by atoms with Crippen LogP contribution in [0.15, 0.2) is 98.3 Å². The zero-order valence-corrected chi connectivity index (χ0v) is 22.3. The van der Waals surface area contributed by atoms with Gasteiger partial charge in [0, 0.05) is 15.7 Å². The van der Waals surface area contributed by atoms with Gasteiger partial charge < -0.3 is 10.1 Å². The van der Waals surface area contributed by atoms with Crippen molar-refractivity contribution < 1.29 is 13.9 Å². The number of aromatic nitrogens is 1. The van der Waals surface area contributed by atoms with Crippen LogP contribution in [0, 0.1) is 5.82 Å². The Morgan fingerprint density at radius 2 is 1.86 bits per heavy atom. The Morgan fingerprint density at radius 3 is 2.57 bits per heavy atom. The molecule has 0 aliphatic carbocycles. The standard InChI is InChI=1S/C28H21BrFN3O3S/c1-16-24(26(34)32-21-6-4-3-5-7-21)25(17-8-11-20(30)12-9-17)33-27(35)23(37-28(33)31-16)15-18-14-19(29)10-13-22(18)36-2/h3-15,25H,1-2H3,(H,32,34)/b23-15+/t25-/m0/s1. The first-order valence-electron chi connectivity index (χ1n) is 11.3. The van der Waals surface area contributed by atoms with Crippen molar-refractivity contribution in [3.63, 3.8) is 0 Å². The molecule has 186 valence electrons. The van der Waals surface area contributed by atoms with Crippen LogP contribution in [0.1, 0.15) is 24.1 Å². The molecule has 1 amide bonds. The van der Waals surface area contributed by atoms with Gasteiger partial charge in [-0.15, -0.1) is 0 Å². The summed E-state index contributed by atoms with van der Waals surface area (Å²) in [5, 5.41) is 2.90. The molecule has 6 nitrogen and oxygen atoms in total. The second-order valence-corrected chi connectivity index (χ2v) is 10.3. The summed E-state index contributed by atoms with van der Waals surface area (Å²) in [5.74, 6) is -0.179. The van der Waals surface area contributed by atoms with Crippen LogP contribution in [0.3, 0.4) is 0 Å². The van der Waals surface area contributed by atoms with Gasteiger partial charge in [-0.1, -0.05) is 57.6 Å². The molecule has 9 heteroatoms. The second-order valence-electron chi connectivity index (χ2n) is 8.34. The number of carbonyl (C=O) groups excluding carboxylic acids is 1. The zero-order valence-electron chi connectivity index (χ0n) is 19.9. The third-order valence-electron chi connectivity index (χ3n) is 5.96. The number of hydrogen-bond acceptors (Lipinski definition) is 5. The normalized spacial score (nSPS) is 15.2. The Labute approximate surface area is 224 Å². The highest BCUT2D eigenvalue weighted by Gasteiger charge is 2.32. The number of benzene rings is 3. The number of rotatable bonds is 5. The average molecular weight is 578 g/mol. The molecule has 1 atom stereocenters. The fourth-order valence-corrected chi connectivity index (χ4v) is 5.67. The van der Waals surface area contributed by atoms with Crippen LogP contribution in [0.25, 0.3) is 6.08 Å². The van der Waals surface area contributed by atoms with E-state index in [9.17, 15) is 14.0 Å². The van der Waals surface area contributed by atoms with E-state index in [1.54, 1.807) is 44.4 Å². The molecular formula is C28H21BrFN3O3S. The number of thiazole rings is 1. The number of halogens is 2. The third-order valence-corrected chi connectivity index (χ3v) is 7.44. The number of fused-ring (bicyclic) bond motifs is 1. The molecular weight excluding hydrogens is 557 g/mol. The van der Waals surface area contributed by atoms with E-state index in [1.807, 2.05) is 36.4 Å². The molecule has 0 saturated heterocycles. The molecule has 0 fully saturated rings. The number of nitrogens with one attached hydrogen (secondary N) is 1. The van der Waals surface area contributed by atoms with Gasteiger partial charge in [0.1, 0.15) is 11.6 Å². The summed E-state index contributed by atoms with van der Waals surface area (Å²) < 4.78 is 22.0. The van der Waals surface area contributed by atoms with Crippen molar-refractivity contribution in [3.05, 3.63) is 125 Å². The summed E-state index contributed by atoms with van der Waals surface area (Å²) in [6.07, 6.45) is 1.75. The highest BCUT2D eigenvalue weighted by atomic mass is 79.9. The molecule has 0 bridgehead atoms. The molecule has 0 radical (unpaired) electrons. The van der Waals surface area contributed by atoms with Crippen molar-refractivity contribution in [1.82, 2.24) is 4.57 Å². The van der Waals surface area contributed by atoms with Crippen molar-refractivity contribution >= 4 is 44.9 Å². The molecule has 3 aromatic carbocycles. The van der Waals surface area contributed by atoms with Gasteiger partial charge in [0.05, 0.1) is 29.0 Å². The smallest absolute Gasteiger partial charge is 0.271 e. The quantitative estimate of drug-likeness (QED) is 0.371. The first kappa shape index (κ1) is 24.9. The first-order chi connectivity index (χ1) is 17.9. The maximum atomic E-state index is 13.8. The highest BCUT2D eigenvalue weighted by Crippen LogP contribution is 2.31. The largest absolute Gasteiger partial charge is 0.496 e. The van der Waals surface area contributed by atoms with Crippen LogP contribution in [0.2, 0.25) is 0 Å². The summed E-state index contributed by atoms with van der Waals surface area (Å²) in [5.41, 5.74) is 2.42. The Morgan fingerprint density at radius 1 is 1.14 bits per heavy atom. The fraction of sp³-hybridized carbons (Fsp3) is 0.107. The highest BCUT2D eigenvalue weighted by molar-refractivity contribution is 9.10. The van der Waals surface area contributed by atoms with Crippen molar-refractivity contribution in [2.24, 2.45) is 4.99 Å². The molecule has 1 N–H and O–H groups in total. The maximum absolute atomic E-state index is 13.8. The summed E-state index contributed by atoms with van der Waals surface area (Å²) in [4.78, 5) is 32.4. The number of methoxy groups -OCH3 is 1. The lowest BCUT2D eigenvalue weighted by molar-refractivity contribution is -0.113. The molecule has 2 heterocycles. The number of amides is 1. The van der Waals surface area contributed by atoms with E-state index in [4.69, 9.17) is 4.74 Å². The fourth-order valence-electron chi connectivity index (χ4n) is 4.25. The lowest BCUT2D eigenvalue weighted by Crippen LogP contribution is -2.40. The molecule has 1 aromatic heterocycles. The van der Waals surface area contributed by atoms with Gasteiger partial charge in [-0.3, -0.25) is 14.2 Å². The van der Waals surface area contributed by atoms with Gasteiger partial charge in [-0.05, 0) is 61.0 Å². The Bertz CT molecular complexity index is 1710. The monoisotopic (exact) mass is 577 g/mol. The SMILES string of the molecule is COc1ccc(Br)cc1/C=c1/sc2n(c1=O)[C@@H](c1ccc(F)cc1)C(C(=O)Nc1ccccc1)=C(C)N=2. The number of hydrogen-bond donors (Lipinski definition) is 1. The minimum atomic E-state index is -0.785.